The highest BCUT2D eigenvalue weighted by Crippen LogP contribution is 2.42. The third-order valence-corrected chi connectivity index (χ3v) is 6.91. The van der Waals surface area contributed by atoms with Gasteiger partial charge in [0.05, 0.1) is 5.69 Å². The minimum Gasteiger partial charge on any atom is -0.393 e. The number of carbonyl (C=O) groups excluding carboxylic acids is 1. The monoisotopic (exact) mass is 565 g/mol. The molecule has 5 rings (SSSR count). The van der Waals surface area contributed by atoms with Crippen molar-refractivity contribution in [3.05, 3.63) is 111 Å². The van der Waals surface area contributed by atoms with Crippen LogP contribution in [-0.2, 0) is 0 Å². The molecule has 210 valence electrons. The number of nitrogens with two attached hydrogens (primary N) is 1. The Bertz CT molecular complexity index is 1850. The number of allylic oxidation sites excluding steroid dienone is 1. The number of halogens is 2. The van der Waals surface area contributed by atoms with E-state index in [0.29, 0.717) is 22.3 Å². The minimum absolute atomic E-state index is 0.0150. The summed E-state index contributed by atoms with van der Waals surface area (Å²) in [7, 11) is 1.69. The van der Waals surface area contributed by atoms with Gasteiger partial charge in [-0.15, -0.1) is 0 Å². The van der Waals surface area contributed by atoms with E-state index in [0.717, 1.165) is 41.8 Å². The second kappa shape index (κ2) is 11.5. The maximum absolute atomic E-state index is 15.4. The molecule has 0 unspecified atom stereocenters. The van der Waals surface area contributed by atoms with Gasteiger partial charge >= 0.3 is 0 Å². The van der Waals surface area contributed by atoms with Crippen molar-refractivity contribution in [3.63, 3.8) is 0 Å². The summed E-state index contributed by atoms with van der Waals surface area (Å²) in [5.74, 6) is -1.91. The van der Waals surface area contributed by atoms with Gasteiger partial charge in [0.25, 0.3) is 11.5 Å². The standard InChI is InChI=1S/C31H25F2N7O2/c1-37-15-19(13-34)18-10-25(29(36)38-16-18)23-9-6-21(11-27(23)33)39-30(41)26-12-24(17-2-3-17)28(14-35)40(31(26)42)22-7-4-20(32)5-8-22/h4-13,15-17,34,37H,2-3H2,1H3,(H2,36,38)(H,39,41)/b19-15+,34-13?. The lowest BCUT2D eigenvalue weighted by molar-refractivity contribution is 0.102. The van der Waals surface area contributed by atoms with E-state index in [1.807, 2.05) is 0 Å². The molecule has 0 atom stereocenters. The number of amides is 1. The average Bonchev–Trinajstić information content (AvgIpc) is 3.82. The summed E-state index contributed by atoms with van der Waals surface area (Å²) in [5.41, 5.74) is 7.49. The van der Waals surface area contributed by atoms with E-state index in [9.17, 15) is 19.2 Å². The van der Waals surface area contributed by atoms with Crippen LogP contribution in [0.4, 0.5) is 20.3 Å². The van der Waals surface area contributed by atoms with Gasteiger partial charge in [0.2, 0.25) is 0 Å². The van der Waals surface area contributed by atoms with Crippen molar-refractivity contribution in [2.45, 2.75) is 18.8 Å². The van der Waals surface area contributed by atoms with E-state index in [1.165, 1.54) is 36.5 Å². The van der Waals surface area contributed by atoms with Crippen LogP contribution in [0.2, 0.25) is 0 Å². The fraction of sp³-hybridized carbons (Fsp3) is 0.129. The molecule has 0 saturated heterocycles. The summed E-state index contributed by atoms with van der Waals surface area (Å²) in [6, 6.07) is 14.1. The Morgan fingerprint density at radius 2 is 1.88 bits per heavy atom. The lowest BCUT2D eigenvalue weighted by atomic mass is 10.0. The predicted octanol–water partition coefficient (Wildman–Crippen LogP) is 4.97. The van der Waals surface area contributed by atoms with Crippen LogP contribution in [0.5, 0.6) is 0 Å². The van der Waals surface area contributed by atoms with E-state index in [1.54, 1.807) is 19.3 Å². The smallest absolute Gasteiger partial charge is 0.269 e. The number of rotatable bonds is 8. The lowest BCUT2D eigenvalue weighted by Crippen LogP contribution is -2.31. The molecular weight excluding hydrogens is 540 g/mol. The van der Waals surface area contributed by atoms with Gasteiger partial charge in [-0.2, -0.15) is 5.26 Å². The molecule has 42 heavy (non-hydrogen) atoms. The molecule has 1 saturated carbocycles. The number of nitriles is 1. The first-order chi connectivity index (χ1) is 20.2. The third-order valence-electron chi connectivity index (χ3n) is 6.91. The van der Waals surface area contributed by atoms with Crippen LogP contribution in [-0.4, -0.2) is 28.7 Å². The number of aromatic nitrogens is 2. The van der Waals surface area contributed by atoms with Gasteiger partial charge in [0.1, 0.15) is 34.8 Å². The second-order valence-electron chi connectivity index (χ2n) is 9.70. The highest BCUT2D eigenvalue weighted by molar-refractivity contribution is 6.08. The van der Waals surface area contributed by atoms with Gasteiger partial charge in [0, 0.05) is 53.6 Å². The number of nitrogens with zero attached hydrogens (tertiary/aromatic N) is 3. The van der Waals surface area contributed by atoms with Crippen LogP contribution in [0.15, 0.2) is 71.8 Å². The van der Waals surface area contributed by atoms with Gasteiger partial charge in [0.15, 0.2) is 0 Å². The molecular formula is C31H25F2N7O2. The zero-order chi connectivity index (χ0) is 30.0. The van der Waals surface area contributed by atoms with Crippen molar-refractivity contribution in [1.82, 2.24) is 14.9 Å². The molecule has 1 amide bonds. The normalized spacial score (nSPS) is 12.9. The summed E-state index contributed by atoms with van der Waals surface area (Å²) in [6.07, 6.45) is 5.81. The zero-order valence-corrected chi connectivity index (χ0v) is 22.4. The van der Waals surface area contributed by atoms with Crippen molar-refractivity contribution in [1.29, 1.82) is 10.7 Å². The first kappa shape index (κ1) is 27.9. The number of hydrogen-bond donors (Lipinski definition) is 4. The van der Waals surface area contributed by atoms with Gasteiger partial charge in [-0.1, -0.05) is 0 Å². The summed E-state index contributed by atoms with van der Waals surface area (Å²) >= 11 is 0. The molecule has 2 aromatic heterocycles. The first-order valence-corrected chi connectivity index (χ1v) is 13.0. The van der Waals surface area contributed by atoms with Gasteiger partial charge < -0.3 is 21.8 Å². The van der Waals surface area contributed by atoms with Crippen molar-refractivity contribution < 1.29 is 13.6 Å². The lowest BCUT2D eigenvalue weighted by Gasteiger charge is -2.15. The quantitative estimate of drug-likeness (QED) is 0.222. The predicted molar refractivity (Wildman–Crippen MR) is 157 cm³/mol. The topological polar surface area (TPSA) is 150 Å². The van der Waals surface area contributed by atoms with Crippen LogP contribution in [0, 0.1) is 28.4 Å². The molecule has 0 bridgehead atoms. The molecule has 1 aliphatic carbocycles. The number of nitrogens with one attached hydrogen (secondary N) is 3. The number of anilines is 2. The fourth-order valence-corrected chi connectivity index (χ4v) is 4.68. The Morgan fingerprint density at radius 1 is 1.14 bits per heavy atom. The van der Waals surface area contributed by atoms with E-state index >= 15 is 4.39 Å². The largest absolute Gasteiger partial charge is 0.393 e. The van der Waals surface area contributed by atoms with Crippen LogP contribution in [0.1, 0.15) is 45.9 Å². The number of nitrogen functional groups attached to an aromatic ring is 1. The Morgan fingerprint density at radius 3 is 2.50 bits per heavy atom. The van der Waals surface area contributed by atoms with Crippen LogP contribution in [0.3, 0.4) is 0 Å². The molecule has 9 nitrogen and oxygen atoms in total. The van der Waals surface area contributed by atoms with Crippen molar-refractivity contribution in [2.75, 3.05) is 18.1 Å². The molecule has 5 N–H and O–H groups in total. The Balaban J connectivity index is 1.51. The highest BCUT2D eigenvalue weighted by Gasteiger charge is 2.31. The van der Waals surface area contributed by atoms with E-state index in [4.69, 9.17) is 11.1 Å². The maximum Gasteiger partial charge on any atom is 0.269 e. The highest BCUT2D eigenvalue weighted by atomic mass is 19.1. The molecule has 0 aliphatic heterocycles. The Hall–Kier alpha value is -5.63. The van der Waals surface area contributed by atoms with Gasteiger partial charge in [-0.05, 0) is 78.9 Å². The Labute approximate surface area is 239 Å². The number of benzene rings is 2. The van der Waals surface area contributed by atoms with Crippen LogP contribution >= 0.6 is 0 Å². The SMILES string of the molecule is CN/C=C(\C=N)c1cnc(N)c(-c2ccc(NC(=O)c3cc(C4CC4)c(C#N)n(-c4ccc(F)cc4)c3=O)cc2F)c1. The van der Waals surface area contributed by atoms with Crippen molar-refractivity contribution in [2.24, 2.45) is 0 Å². The second-order valence-corrected chi connectivity index (χ2v) is 9.70. The van der Waals surface area contributed by atoms with Crippen molar-refractivity contribution in [3.8, 4) is 22.9 Å². The molecule has 0 radical (unpaired) electrons. The summed E-state index contributed by atoms with van der Waals surface area (Å²) in [5, 5.41) is 22.9. The third kappa shape index (κ3) is 5.38. The molecule has 11 heteroatoms. The van der Waals surface area contributed by atoms with Crippen LogP contribution < -0.4 is 21.9 Å². The van der Waals surface area contributed by atoms with E-state index < -0.39 is 23.1 Å². The van der Waals surface area contributed by atoms with E-state index in [-0.39, 0.29) is 39.9 Å². The number of pyridine rings is 2. The molecule has 0 spiro atoms. The van der Waals surface area contributed by atoms with E-state index in [2.05, 4.69) is 21.7 Å². The van der Waals surface area contributed by atoms with Gasteiger partial charge in [-0.3, -0.25) is 14.2 Å². The summed E-state index contributed by atoms with van der Waals surface area (Å²) in [4.78, 5) is 31.0. The Kier molecular flexibility index (Phi) is 7.62. The van der Waals surface area contributed by atoms with Crippen molar-refractivity contribution >= 4 is 29.2 Å². The fourth-order valence-electron chi connectivity index (χ4n) is 4.68. The molecule has 2 aromatic carbocycles. The number of carbonyl (C=O) groups is 1. The summed E-state index contributed by atoms with van der Waals surface area (Å²) in [6.45, 7) is 0. The molecule has 2 heterocycles. The zero-order valence-electron chi connectivity index (χ0n) is 22.4. The number of hydrogen-bond acceptors (Lipinski definition) is 7. The van der Waals surface area contributed by atoms with Gasteiger partial charge in [-0.25, -0.2) is 13.8 Å². The average molecular weight is 566 g/mol. The molecule has 4 aromatic rings. The van der Waals surface area contributed by atoms with Crippen LogP contribution in [0.25, 0.3) is 22.4 Å². The molecule has 1 aliphatic rings. The minimum atomic E-state index is -0.787. The first-order valence-electron chi connectivity index (χ1n) is 13.0. The summed E-state index contributed by atoms with van der Waals surface area (Å²) < 4.78 is 30.1. The molecule has 1 fully saturated rings. The maximum atomic E-state index is 15.4.